The van der Waals surface area contributed by atoms with Gasteiger partial charge in [0.25, 0.3) is 0 Å². The summed E-state index contributed by atoms with van der Waals surface area (Å²) in [4.78, 5) is 8.22. The van der Waals surface area contributed by atoms with Crippen molar-refractivity contribution in [3.05, 3.63) is 83.1 Å². The highest BCUT2D eigenvalue weighted by atomic mass is 14.6. The average Bonchev–Trinajstić information content (AvgIpc) is 2.68. The largest absolute Gasteiger partial charge is 0.264 e. The lowest BCUT2D eigenvalue weighted by Gasteiger charge is -1.97. The second kappa shape index (κ2) is 11.8. The van der Waals surface area contributed by atoms with Crippen molar-refractivity contribution in [3.8, 4) is 0 Å². The van der Waals surface area contributed by atoms with Crippen molar-refractivity contribution >= 4 is 23.3 Å². The van der Waals surface area contributed by atoms with Crippen molar-refractivity contribution in [2.45, 2.75) is 41.0 Å². The minimum Gasteiger partial charge on any atom is -0.264 e. The zero-order valence-electron chi connectivity index (χ0n) is 17.4. The van der Waals surface area contributed by atoms with Gasteiger partial charge in [-0.05, 0) is 64.8 Å². The Bertz CT molecular complexity index is 995. The van der Waals surface area contributed by atoms with Crippen LogP contribution in [0.5, 0.6) is 0 Å². The average molecular weight is 361 g/mol. The van der Waals surface area contributed by atoms with Gasteiger partial charge in [-0.25, -0.2) is 0 Å². The van der Waals surface area contributed by atoms with Crippen molar-refractivity contribution in [2.24, 2.45) is 5.92 Å². The zero-order chi connectivity index (χ0) is 20.2. The van der Waals surface area contributed by atoms with Gasteiger partial charge in [0.15, 0.2) is 0 Å². The van der Waals surface area contributed by atoms with Gasteiger partial charge in [0.05, 0.1) is 0 Å². The third kappa shape index (κ3) is 7.18. The lowest BCUT2D eigenvalue weighted by Crippen LogP contribution is -2.27. The Morgan fingerprint density at radius 3 is 2.11 bits per heavy atom. The van der Waals surface area contributed by atoms with Crippen LogP contribution in [0, 0.1) is 5.92 Å². The van der Waals surface area contributed by atoms with E-state index in [9.17, 15) is 0 Å². The summed E-state index contributed by atoms with van der Waals surface area (Å²) >= 11 is 0. The summed E-state index contributed by atoms with van der Waals surface area (Å²) in [5.74, 6) is 0.538. The Morgan fingerprint density at radius 2 is 1.59 bits per heavy atom. The molecule has 0 atom stereocenters. The molecule has 2 aromatic rings. The van der Waals surface area contributed by atoms with E-state index in [2.05, 4.69) is 63.8 Å². The van der Waals surface area contributed by atoms with Crippen LogP contribution < -0.4 is 20.9 Å². The van der Waals surface area contributed by atoms with Crippen molar-refractivity contribution in [1.82, 2.24) is 9.97 Å². The number of aromatic nitrogens is 2. The van der Waals surface area contributed by atoms with E-state index in [-0.39, 0.29) is 0 Å². The molecular weight excluding hydrogens is 328 g/mol. The Kier molecular flexibility index (Phi) is 9.74. The monoisotopic (exact) mass is 360 g/mol. The number of nitrogens with zero attached hydrogens (tertiary/aromatic N) is 2. The molecule has 0 aliphatic heterocycles. The maximum atomic E-state index is 4.14. The molecule has 0 bridgehead atoms. The van der Waals surface area contributed by atoms with Crippen LogP contribution in [0.4, 0.5) is 0 Å². The summed E-state index contributed by atoms with van der Waals surface area (Å²) in [6, 6.07) is 4.08. The first-order valence-corrected chi connectivity index (χ1v) is 9.42. The van der Waals surface area contributed by atoms with Gasteiger partial charge >= 0.3 is 0 Å². The van der Waals surface area contributed by atoms with Crippen molar-refractivity contribution in [1.29, 1.82) is 0 Å². The van der Waals surface area contributed by atoms with Gasteiger partial charge in [-0.3, -0.25) is 9.97 Å². The smallest absolute Gasteiger partial charge is 0.0346 e. The van der Waals surface area contributed by atoms with Gasteiger partial charge in [0, 0.05) is 24.8 Å². The van der Waals surface area contributed by atoms with E-state index in [4.69, 9.17) is 0 Å². The lowest BCUT2D eigenvalue weighted by molar-refractivity contribution is 0.879. The number of allylic oxidation sites excluding steroid dienone is 2. The van der Waals surface area contributed by atoms with Crippen LogP contribution in [0.1, 0.15) is 41.0 Å². The molecule has 0 saturated carbocycles. The van der Waals surface area contributed by atoms with Crippen molar-refractivity contribution in [3.63, 3.8) is 0 Å². The van der Waals surface area contributed by atoms with E-state index in [1.54, 1.807) is 6.08 Å². The van der Waals surface area contributed by atoms with Crippen LogP contribution in [0.2, 0.25) is 0 Å². The molecule has 2 heteroatoms. The molecule has 0 N–H and O–H groups in total. The molecule has 0 spiro atoms. The van der Waals surface area contributed by atoms with Crippen molar-refractivity contribution < 1.29 is 0 Å². The standard InChI is InChI=1S/C13H17N.C12H15N/c1-5-11(4)13-6-7-14-9-12(13)8-10(2)3;1-4-6-11-9-13-8-7-12(11)10(3)5-2/h5-10H,1H2,2-4H3;4,6-9H,1,5H2,2-3H3/b12-8-,13-11-;11-6-,12-10-. The fourth-order valence-corrected chi connectivity index (χ4v) is 2.61. The number of hydrogen-bond donors (Lipinski definition) is 0. The summed E-state index contributed by atoms with van der Waals surface area (Å²) < 4.78 is 0. The van der Waals surface area contributed by atoms with Crippen molar-refractivity contribution in [2.75, 3.05) is 0 Å². The van der Waals surface area contributed by atoms with E-state index < -0.39 is 0 Å². The first-order valence-electron chi connectivity index (χ1n) is 9.42. The lowest BCUT2D eigenvalue weighted by atomic mass is 10.1. The SMILES string of the molecule is C=C/C(C)=c1/ccnc/c1=C/C(C)C.C=C/C=c1/cncc/c1=C(\C)CC. The summed E-state index contributed by atoms with van der Waals surface area (Å²) in [5, 5.41) is 4.85. The van der Waals surface area contributed by atoms with Crippen LogP contribution in [0.3, 0.4) is 0 Å². The van der Waals surface area contributed by atoms with E-state index in [0.717, 1.165) is 11.6 Å². The van der Waals surface area contributed by atoms with Crippen LogP contribution in [-0.2, 0) is 0 Å². The first kappa shape index (κ1) is 22.3. The molecular formula is C25H32N2. The Labute approximate surface area is 163 Å². The summed E-state index contributed by atoms with van der Waals surface area (Å²) in [7, 11) is 0. The topological polar surface area (TPSA) is 25.8 Å². The van der Waals surface area contributed by atoms with Gasteiger partial charge in [-0.1, -0.05) is 63.8 Å². The maximum absolute atomic E-state index is 4.14. The molecule has 0 amide bonds. The minimum atomic E-state index is 0.538. The first-order chi connectivity index (χ1) is 12.9. The molecule has 142 valence electrons. The van der Waals surface area contributed by atoms with Gasteiger partial charge in [-0.15, -0.1) is 0 Å². The van der Waals surface area contributed by atoms with E-state index in [1.165, 1.54) is 26.8 Å². The quantitative estimate of drug-likeness (QED) is 0.834. The molecule has 2 heterocycles. The molecule has 0 aromatic carbocycles. The maximum Gasteiger partial charge on any atom is 0.0346 e. The zero-order valence-corrected chi connectivity index (χ0v) is 17.4. The van der Waals surface area contributed by atoms with E-state index in [1.807, 2.05) is 49.1 Å². The van der Waals surface area contributed by atoms with Gasteiger partial charge < -0.3 is 0 Å². The summed E-state index contributed by atoms with van der Waals surface area (Å²) in [6.45, 7) is 18.2. The highest BCUT2D eigenvalue weighted by Crippen LogP contribution is 1.93. The van der Waals surface area contributed by atoms with Gasteiger partial charge in [0.1, 0.15) is 0 Å². The molecule has 0 fully saturated rings. The molecule has 0 aliphatic carbocycles. The van der Waals surface area contributed by atoms with Crippen LogP contribution in [-0.4, -0.2) is 9.97 Å². The molecule has 27 heavy (non-hydrogen) atoms. The number of rotatable bonds is 4. The second-order valence-electron chi connectivity index (χ2n) is 6.76. The Balaban J connectivity index is 0.000000271. The normalized spacial score (nSPS) is 14.3. The number of hydrogen-bond acceptors (Lipinski definition) is 2. The molecule has 0 radical (unpaired) electrons. The fraction of sp³-hybridized carbons (Fsp3) is 0.280. The highest BCUT2D eigenvalue weighted by Gasteiger charge is 1.91. The number of pyridine rings is 2. The molecule has 0 unspecified atom stereocenters. The Hall–Kier alpha value is -2.74. The predicted octanol–water partition coefficient (Wildman–Crippen LogP) is 3.50. The van der Waals surface area contributed by atoms with Crippen LogP contribution in [0.25, 0.3) is 23.3 Å². The Morgan fingerprint density at radius 1 is 1.00 bits per heavy atom. The molecule has 0 saturated heterocycles. The third-order valence-electron chi connectivity index (χ3n) is 4.24. The minimum absolute atomic E-state index is 0.538. The molecule has 2 rings (SSSR count). The molecule has 0 aliphatic rings. The van der Waals surface area contributed by atoms with E-state index >= 15 is 0 Å². The summed E-state index contributed by atoms with van der Waals surface area (Å²) in [5.41, 5.74) is 2.58. The van der Waals surface area contributed by atoms with Crippen LogP contribution in [0.15, 0.2) is 62.2 Å². The predicted molar refractivity (Wildman–Crippen MR) is 120 cm³/mol. The van der Waals surface area contributed by atoms with Crippen LogP contribution >= 0.6 is 0 Å². The third-order valence-corrected chi connectivity index (χ3v) is 4.24. The highest BCUT2D eigenvalue weighted by molar-refractivity contribution is 5.53. The van der Waals surface area contributed by atoms with Gasteiger partial charge in [-0.2, -0.15) is 0 Å². The van der Waals surface area contributed by atoms with Gasteiger partial charge in [0.2, 0.25) is 0 Å². The molecule has 2 aromatic heterocycles. The fourth-order valence-electron chi connectivity index (χ4n) is 2.61. The van der Waals surface area contributed by atoms with E-state index in [0.29, 0.717) is 5.92 Å². The second-order valence-corrected chi connectivity index (χ2v) is 6.76. The molecule has 2 nitrogen and oxygen atoms in total. The summed E-state index contributed by atoms with van der Waals surface area (Å²) in [6.07, 6.45) is 16.4.